The summed E-state index contributed by atoms with van der Waals surface area (Å²) in [6.07, 6.45) is 34.6. The van der Waals surface area contributed by atoms with Crippen LogP contribution in [0, 0.1) is 17.8 Å². The summed E-state index contributed by atoms with van der Waals surface area (Å²) >= 11 is 0. The normalized spacial score (nSPS) is 19.4. The van der Waals surface area contributed by atoms with Crippen molar-refractivity contribution in [1.29, 1.82) is 0 Å². The quantitative estimate of drug-likeness (QED) is 0.0907. The molecule has 0 spiro atoms. The van der Waals surface area contributed by atoms with E-state index in [-0.39, 0.29) is 24.8 Å². The minimum atomic E-state index is -0.935. The Morgan fingerprint density at radius 1 is 0.518 bits per heavy atom. The van der Waals surface area contributed by atoms with Crippen molar-refractivity contribution >= 4 is 23.9 Å². The molecule has 0 saturated heterocycles. The van der Waals surface area contributed by atoms with Gasteiger partial charge < -0.3 is 24.4 Å². The molecule has 3 saturated carbocycles. The second kappa shape index (κ2) is 32.1. The third-order valence-electron chi connectivity index (χ3n) is 11.4. The van der Waals surface area contributed by atoms with E-state index in [4.69, 9.17) is 14.6 Å². The van der Waals surface area contributed by atoms with Gasteiger partial charge in [0.2, 0.25) is 6.29 Å². The molecule has 9 nitrogen and oxygen atoms in total. The number of ether oxygens (including phenoxy) is 3. The van der Waals surface area contributed by atoms with Crippen LogP contribution in [0.25, 0.3) is 0 Å². The van der Waals surface area contributed by atoms with Gasteiger partial charge in [-0.05, 0) is 77.0 Å². The van der Waals surface area contributed by atoms with E-state index in [0.29, 0.717) is 23.3 Å². The molecule has 3 fully saturated rings. The Morgan fingerprint density at radius 3 is 1.12 bits per heavy atom. The molecule has 3 aliphatic carbocycles. The van der Waals surface area contributed by atoms with Crippen molar-refractivity contribution in [2.45, 2.75) is 207 Å². The van der Waals surface area contributed by atoms with Crippen molar-refractivity contribution in [3.63, 3.8) is 0 Å². The molecule has 0 aromatic rings. The lowest BCUT2D eigenvalue weighted by Gasteiger charge is -2.34. The minimum absolute atomic E-state index is 0.143. The van der Waals surface area contributed by atoms with Gasteiger partial charge in [-0.3, -0.25) is 4.79 Å². The number of aliphatic carboxylic acids is 2. The van der Waals surface area contributed by atoms with Gasteiger partial charge in [-0.2, -0.15) is 0 Å². The number of carbonyl (C=O) groups is 4. The maximum absolute atomic E-state index is 13.2. The van der Waals surface area contributed by atoms with Crippen molar-refractivity contribution in [2.75, 3.05) is 13.2 Å². The van der Waals surface area contributed by atoms with Crippen LogP contribution in [0.15, 0.2) is 35.5 Å². The molecule has 1 atom stereocenters. The van der Waals surface area contributed by atoms with Crippen LogP contribution < -0.4 is 0 Å². The minimum Gasteiger partial charge on any atom is -0.478 e. The highest BCUT2D eigenvalue weighted by Gasteiger charge is 2.32. The summed E-state index contributed by atoms with van der Waals surface area (Å²) in [7, 11) is 0. The molecule has 0 radical (unpaired) electrons. The molecule has 3 aliphatic rings. The van der Waals surface area contributed by atoms with E-state index >= 15 is 0 Å². The zero-order valence-electron chi connectivity index (χ0n) is 36.0. The van der Waals surface area contributed by atoms with Crippen molar-refractivity contribution < 1.29 is 43.6 Å². The number of carboxylic acids is 2. The Labute approximate surface area is 340 Å². The Morgan fingerprint density at radius 2 is 0.839 bits per heavy atom. The second-order valence-corrected chi connectivity index (χ2v) is 16.5. The van der Waals surface area contributed by atoms with Gasteiger partial charge in [0, 0.05) is 23.6 Å². The first-order valence-corrected chi connectivity index (χ1v) is 22.3. The summed E-state index contributed by atoms with van der Waals surface area (Å²) in [6.45, 7) is 12.8. The molecule has 0 amide bonds. The number of hydrogen-bond acceptors (Lipinski definition) is 7. The van der Waals surface area contributed by atoms with Crippen LogP contribution in [0.3, 0.4) is 0 Å². The van der Waals surface area contributed by atoms with Gasteiger partial charge >= 0.3 is 23.9 Å². The zero-order chi connectivity index (χ0) is 41.6. The fourth-order valence-electron chi connectivity index (χ4n) is 8.33. The molecule has 2 N–H and O–H groups in total. The Hall–Kier alpha value is -2.94. The fraction of sp³-hybridized carbons (Fsp3) is 0.787. The van der Waals surface area contributed by atoms with E-state index in [9.17, 15) is 24.3 Å². The smallest absolute Gasteiger partial charge is 0.335 e. The molecule has 1 unspecified atom stereocenters. The number of allylic oxidation sites excluding steroid dienone is 1. The molecule has 9 heteroatoms. The summed E-state index contributed by atoms with van der Waals surface area (Å²) in [5.41, 5.74) is 2.91. The standard InChI is InChI=1S/C33H58O2.C10H16O5.C4H6O2/c34-33(35)32(30-26-20-14-8-3-9-15-21-27-30)31(28-22-16-10-4-1-5-11-17-23-28)29-24-18-12-6-2-7-13-19-25-29;1-7(2)10(12)15-9(4)14-6-5-13-8(3)11;1-3(2)4(5)6/h28-30H,1-27H2,(H,34,35);9H,1,5-6H2,2-4H3;1H2,2H3,(H,5,6). The molecule has 0 bridgehead atoms. The average molecular weight is 789 g/mol. The van der Waals surface area contributed by atoms with Crippen LogP contribution >= 0.6 is 0 Å². The summed E-state index contributed by atoms with van der Waals surface area (Å²) in [5, 5.41) is 18.7. The highest BCUT2D eigenvalue weighted by Crippen LogP contribution is 2.42. The van der Waals surface area contributed by atoms with E-state index in [2.05, 4.69) is 17.9 Å². The van der Waals surface area contributed by atoms with E-state index in [1.807, 2.05) is 0 Å². The number of esters is 2. The Bertz CT molecular complexity index is 1120. The lowest BCUT2D eigenvalue weighted by atomic mass is 9.71. The SMILES string of the molecule is C=C(C)C(=O)O.C=C(C)C(=O)OC(C)OCCOC(C)=O.O=C(O)C(=C(C1CCCCCCCCC1)C1CCCCCCCCC1)C1CCCCCCCCC1. The molecule has 0 heterocycles. The summed E-state index contributed by atoms with van der Waals surface area (Å²) in [4.78, 5) is 44.2. The van der Waals surface area contributed by atoms with Gasteiger partial charge in [-0.25, -0.2) is 14.4 Å². The third kappa shape index (κ3) is 24.6. The highest BCUT2D eigenvalue weighted by molar-refractivity contribution is 5.88. The Kier molecular flexibility index (Phi) is 29.2. The van der Waals surface area contributed by atoms with Gasteiger partial charge in [0.1, 0.15) is 6.61 Å². The van der Waals surface area contributed by atoms with E-state index in [0.717, 1.165) is 18.4 Å². The molecule has 0 aromatic carbocycles. The van der Waals surface area contributed by atoms with E-state index in [1.165, 1.54) is 180 Å². The highest BCUT2D eigenvalue weighted by atomic mass is 16.7. The topological polar surface area (TPSA) is 136 Å². The van der Waals surface area contributed by atoms with Crippen LogP contribution in [0.5, 0.6) is 0 Å². The molecule has 3 rings (SSSR count). The predicted molar refractivity (Wildman–Crippen MR) is 225 cm³/mol. The first-order valence-electron chi connectivity index (χ1n) is 22.3. The van der Waals surface area contributed by atoms with Crippen molar-refractivity contribution in [3.05, 3.63) is 35.5 Å². The maximum atomic E-state index is 13.2. The average Bonchev–Trinajstić information content (AvgIpc) is 3.16. The van der Waals surface area contributed by atoms with Crippen molar-refractivity contribution in [3.8, 4) is 0 Å². The largest absolute Gasteiger partial charge is 0.478 e. The van der Waals surface area contributed by atoms with Crippen LogP contribution in [0.2, 0.25) is 0 Å². The monoisotopic (exact) mass is 789 g/mol. The number of carbonyl (C=O) groups excluding carboxylic acids is 2. The summed E-state index contributed by atoms with van der Waals surface area (Å²) < 4.78 is 14.5. The van der Waals surface area contributed by atoms with Crippen LogP contribution in [0.4, 0.5) is 0 Å². The number of hydrogen-bond donors (Lipinski definition) is 2. The fourth-order valence-corrected chi connectivity index (χ4v) is 8.33. The van der Waals surface area contributed by atoms with Crippen LogP contribution in [-0.2, 0) is 33.4 Å². The first-order chi connectivity index (χ1) is 26.8. The Balaban J connectivity index is 0.000000617. The molecular weight excluding hydrogens is 709 g/mol. The molecular formula is C47H80O9. The lowest BCUT2D eigenvalue weighted by molar-refractivity contribution is -0.174. The lowest BCUT2D eigenvalue weighted by Crippen LogP contribution is -2.25. The van der Waals surface area contributed by atoms with Gasteiger partial charge in [0.25, 0.3) is 0 Å². The predicted octanol–water partition coefficient (Wildman–Crippen LogP) is 12.5. The van der Waals surface area contributed by atoms with Gasteiger partial charge in [-0.1, -0.05) is 154 Å². The molecule has 0 aromatic heterocycles. The number of rotatable bonds is 11. The van der Waals surface area contributed by atoms with Gasteiger partial charge in [-0.15, -0.1) is 0 Å². The third-order valence-corrected chi connectivity index (χ3v) is 11.4. The summed E-state index contributed by atoms with van der Waals surface area (Å²) in [6, 6.07) is 0. The maximum Gasteiger partial charge on any atom is 0.335 e. The van der Waals surface area contributed by atoms with Gasteiger partial charge in [0.05, 0.1) is 6.61 Å². The second-order valence-electron chi connectivity index (χ2n) is 16.5. The van der Waals surface area contributed by atoms with Crippen LogP contribution in [-0.4, -0.2) is 53.6 Å². The zero-order valence-corrected chi connectivity index (χ0v) is 36.0. The van der Waals surface area contributed by atoms with E-state index in [1.54, 1.807) is 13.8 Å². The molecule has 56 heavy (non-hydrogen) atoms. The first kappa shape index (κ1) is 51.1. The van der Waals surface area contributed by atoms with Gasteiger partial charge in [0.15, 0.2) is 0 Å². The molecule has 322 valence electrons. The molecule has 0 aliphatic heterocycles. The van der Waals surface area contributed by atoms with Crippen molar-refractivity contribution in [1.82, 2.24) is 0 Å². The van der Waals surface area contributed by atoms with Crippen LogP contribution in [0.1, 0.15) is 201 Å². The van der Waals surface area contributed by atoms with E-state index < -0.39 is 24.2 Å². The van der Waals surface area contributed by atoms with Crippen molar-refractivity contribution in [2.24, 2.45) is 17.8 Å². The summed E-state index contributed by atoms with van der Waals surface area (Å²) in [5.74, 6) is -0.997. The number of carboxylic acid groups (broad SMARTS) is 2.